The summed E-state index contributed by atoms with van der Waals surface area (Å²) in [5, 5.41) is 19.3. The minimum Gasteiger partial charge on any atom is -0.396 e. The average molecular weight is 374 g/mol. The highest BCUT2D eigenvalue weighted by atomic mass is 35.5. The van der Waals surface area contributed by atoms with Gasteiger partial charge in [0.15, 0.2) is 11.0 Å². The average Bonchev–Trinajstić information content (AvgIpc) is 3.01. The Balaban J connectivity index is 2.16. The maximum atomic E-state index is 9.06. The first-order valence-electron chi connectivity index (χ1n) is 8.13. The maximum Gasteiger partial charge on any atom is 0.196 e. The molecule has 0 bridgehead atoms. The van der Waals surface area contributed by atoms with E-state index in [1.807, 2.05) is 24.3 Å². The first kappa shape index (κ1) is 18.0. The van der Waals surface area contributed by atoms with Crippen molar-refractivity contribution in [3.8, 4) is 17.1 Å². The Bertz CT molecular complexity index is 879. The van der Waals surface area contributed by atoms with E-state index in [1.54, 1.807) is 11.8 Å². The van der Waals surface area contributed by atoms with E-state index in [4.69, 9.17) is 16.7 Å². The number of thioether (sulfide) groups is 1. The van der Waals surface area contributed by atoms with E-state index in [0.29, 0.717) is 11.4 Å². The van der Waals surface area contributed by atoms with Gasteiger partial charge in [0.1, 0.15) is 0 Å². The highest BCUT2D eigenvalue weighted by Crippen LogP contribution is 2.33. The van der Waals surface area contributed by atoms with E-state index < -0.39 is 0 Å². The van der Waals surface area contributed by atoms with E-state index in [-0.39, 0.29) is 6.61 Å². The van der Waals surface area contributed by atoms with Crippen molar-refractivity contribution < 1.29 is 5.11 Å². The second-order valence-corrected chi connectivity index (χ2v) is 7.31. The van der Waals surface area contributed by atoms with Crippen molar-refractivity contribution in [2.45, 2.75) is 25.4 Å². The summed E-state index contributed by atoms with van der Waals surface area (Å²) in [4.78, 5) is 0. The molecule has 0 atom stereocenters. The molecule has 0 radical (unpaired) electrons. The first-order valence-corrected chi connectivity index (χ1v) is 9.49. The molecule has 0 amide bonds. The van der Waals surface area contributed by atoms with Gasteiger partial charge in [-0.15, -0.1) is 10.2 Å². The topological polar surface area (TPSA) is 50.9 Å². The summed E-state index contributed by atoms with van der Waals surface area (Å²) in [6.45, 7) is 4.32. The summed E-state index contributed by atoms with van der Waals surface area (Å²) >= 11 is 7.99. The third-order valence-corrected chi connectivity index (χ3v) is 5.23. The number of aliphatic hydroxyl groups is 1. The quantitative estimate of drug-likeness (QED) is 0.503. The lowest BCUT2D eigenvalue weighted by Gasteiger charge is -2.14. The fraction of sp³-hybridized carbons (Fsp3) is 0.263. The maximum absolute atomic E-state index is 9.06. The number of nitrogens with zero attached hydrogens (tertiary/aromatic N) is 3. The number of aliphatic hydroxyl groups excluding tert-OH is 1. The lowest BCUT2D eigenvalue weighted by atomic mass is 10.1. The van der Waals surface area contributed by atoms with E-state index in [1.165, 1.54) is 5.56 Å². The van der Waals surface area contributed by atoms with Crippen LogP contribution in [0.4, 0.5) is 0 Å². The van der Waals surface area contributed by atoms with E-state index in [0.717, 1.165) is 33.5 Å². The van der Waals surface area contributed by atoms with Gasteiger partial charge in [0.2, 0.25) is 0 Å². The molecule has 2 aromatic carbocycles. The minimum absolute atomic E-state index is 0.169. The summed E-state index contributed by atoms with van der Waals surface area (Å²) < 4.78 is 2.06. The van der Waals surface area contributed by atoms with Gasteiger partial charge in [-0.1, -0.05) is 47.6 Å². The fourth-order valence-corrected chi connectivity index (χ4v) is 3.67. The molecular formula is C19H20ClN3OS. The zero-order valence-electron chi connectivity index (χ0n) is 14.2. The summed E-state index contributed by atoms with van der Waals surface area (Å²) in [5.74, 6) is 1.51. The minimum atomic E-state index is 0.169. The van der Waals surface area contributed by atoms with Gasteiger partial charge >= 0.3 is 0 Å². The molecule has 0 saturated carbocycles. The Morgan fingerprint density at radius 2 is 1.92 bits per heavy atom. The monoisotopic (exact) mass is 373 g/mol. The second-order valence-electron chi connectivity index (χ2n) is 5.84. The van der Waals surface area contributed by atoms with Crippen molar-refractivity contribution in [2.24, 2.45) is 0 Å². The number of hydrogen-bond donors (Lipinski definition) is 1. The van der Waals surface area contributed by atoms with Crippen LogP contribution in [0.5, 0.6) is 0 Å². The lowest BCUT2D eigenvalue weighted by Crippen LogP contribution is -2.03. The Morgan fingerprint density at radius 3 is 2.68 bits per heavy atom. The Kier molecular flexibility index (Phi) is 5.78. The molecule has 25 heavy (non-hydrogen) atoms. The van der Waals surface area contributed by atoms with Crippen LogP contribution in [0.25, 0.3) is 17.1 Å². The smallest absolute Gasteiger partial charge is 0.196 e. The number of aromatic nitrogens is 3. The van der Waals surface area contributed by atoms with Crippen molar-refractivity contribution >= 4 is 23.4 Å². The van der Waals surface area contributed by atoms with Crippen LogP contribution in [0.2, 0.25) is 5.02 Å². The Morgan fingerprint density at radius 1 is 1.12 bits per heavy atom. The second kappa shape index (κ2) is 8.04. The fourth-order valence-electron chi connectivity index (χ4n) is 2.59. The van der Waals surface area contributed by atoms with Gasteiger partial charge in [0.05, 0.1) is 10.7 Å². The van der Waals surface area contributed by atoms with Gasteiger partial charge in [0, 0.05) is 17.9 Å². The standard InChI is InChI=1S/C19H20ClN3OS/c1-13-8-9-14(2)17(12-13)23-18(15-6-3-4-7-16(15)20)21-22-19(23)25-11-5-10-24/h3-4,6-9,12,24H,5,10-11H2,1-2H3. The molecule has 3 aromatic rings. The normalized spacial score (nSPS) is 11.0. The third-order valence-electron chi connectivity index (χ3n) is 3.89. The first-order chi connectivity index (χ1) is 12.1. The molecule has 1 N–H and O–H groups in total. The predicted octanol–water partition coefficient (Wildman–Crippen LogP) is 4.68. The van der Waals surface area contributed by atoms with E-state index in [2.05, 4.69) is 46.8 Å². The van der Waals surface area contributed by atoms with Crippen LogP contribution in [0.15, 0.2) is 47.6 Å². The number of hydrogen-bond acceptors (Lipinski definition) is 4. The molecule has 0 aliphatic rings. The van der Waals surface area contributed by atoms with Gasteiger partial charge in [-0.05, 0) is 49.6 Å². The molecule has 3 rings (SSSR count). The van der Waals surface area contributed by atoms with Crippen LogP contribution in [0.3, 0.4) is 0 Å². The third kappa shape index (κ3) is 3.89. The van der Waals surface area contributed by atoms with Crippen molar-refractivity contribution in [3.63, 3.8) is 0 Å². The van der Waals surface area contributed by atoms with Crippen molar-refractivity contribution in [2.75, 3.05) is 12.4 Å². The highest BCUT2D eigenvalue weighted by molar-refractivity contribution is 7.99. The molecule has 1 heterocycles. The molecule has 0 saturated heterocycles. The van der Waals surface area contributed by atoms with Crippen LogP contribution < -0.4 is 0 Å². The molecule has 0 spiro atoms. The zero-order valence-corrected chi connectivity index (χ0v) is 15.8. The van der Waals surface area contributed by atoms with E-state index in [9.17, 15) is 0 Å². The predicted molar refractivity (Wildman–Crippen MR) is 104 cm³/mol. The van der Waals surface area contributed by atoms with Gasteiger partial charge in [-0.3, -0.25) is 4.57 Å². The summed E-state index contributed by atoms with van der Waals surface area (Å²) in [6, 6.07) is 14.0. The van der Waals surface area contributed by atoms with E-state index >= 15 is 0 Å². The molecule has 0 aliphatic carbocycles. The van der Waals surface area contributed by atoms with Gasteiger partial charge in [-0.2, -0.15) is 0 Å². The van der Waals surface area contributed by atoms with Crippen LogP contribution in [0, 0.1) is 13.8 Å². The number of rotatable bonds is 6. The Labute approximate surface area is 156 Å². The summed E-state index contributed by atoms with van der Waals surface area (Å²) in [6.07, 6.45) is 0.714. The Hall–Kier alpha value is -1.82. The van der Waals surface area contributed by atoms with Crippen molar-refractivity contribution in [3.05, 3.63) is 58.6 Å². The van der Waals surface area contributed by atoms with Crippen molar-refractivity contribution in [1.29, 1.82) is 0 Å². The van der Waals surface area contributed by atoms with Gasteiger partial charge in [0.25, 0.3) is 0 Å². The van der Waals surface area contributed by atoms with Crippen LogP contribution >= 0.6 is 23.4 Å². The molecule has 0 aliphatic heterocycles. The molecule has 0 unspecified atom stereocenters. The molecule has 130 valence electrons. The largest absolute Gasteiger partial charge is 0.396 e. The van der Waals surface area contributed by atoms with Crippen LogP contribution in [-0.2, 0) is 0 Å². The van der Waals surface area contributed by atoms with Gasteiger partial charge < -0.3 is 5.11 Å². The number of halogens is 1. The molecule has 1 aromatic heterocycles. The van der Waals surface area contributed by atoms with Crippen LogP contribution in [-0.4, -0.2) is 32.2 Å². The molecule has 0 fully saturated rings. The zero-order chi connectivity index (χ0) is 17.8. The summed E-state index contributed by atoms with van der Waals surface area (Å²) in [5.41, 5.74) is 4.21. The SMILES string of the molecule is Cc1ccc(C)c(-n2c(SCCCO)nnc2-c2ccccc2Cl)c1. The molecule has 6 heteroatoms. The van der Waals surface area contributed by atoms with Crippen LogP contribution in [0.1, 0.15) is 17.5 Å². The lowest BCUT2D eigenvalue weighted by molar-refractivity contribution is 0.296. The summed E-state index contributed by atoms with van der Waals surface area (Å²) in [7, 11) is 0. The molecule has 4 nitrogen and oxygen atoms in total. The highest BCUT2D eigenvalue weighted by Gasteiger charge is 2.19. The molecular weight excluding hydrogens is 354 g/mol. The van der Waals surface area contributed by atoms with Crippen molar-refractivity contribution in [1.82, 2.24) is 14.8 Å². The van der Waals surface area contributed by atoms with Gasteiger partial charge in [-0.25, -0.2) is 0 Å². The number of aryl methyl sites for hydroxylation is 2. The number of benzene rings is 2.